The molecule has 2 rings (SSSR count). The second-order valence-electron chi connectivity index (χ2n) is 5.81. The van der Waals surface area contributed by atoms with Gasteiger partial charge in [0.2, 0.25) is 10.0 Å². The van der Waals surface area contributed by atoms with Crippen molar-refractivity contribution in [2.24, 2.45) is 5.10 Å². The third kappa shape index (κ3) is 5.82. The van der Waals surface area contributed by atoms with Crippen molar-refractivity contribution in [3.8, 4) is 5.75 Å². The second kappa shape index (κ2) is 9.18. The molecular formula is C19H23N3O4S. The average Bonchev–Trinajstić information content (AvgIpc) is 2.63. The van der Waals surface area contributed by atoms with E-state index in [4.69, 9.17) is 4.74 Å². The summed E-state index contributed by atoms with van der Waals surface area (Å²) in [4.78, 5) is 12.4. The minimum absolute atomic E-state index is 0.415. The summed E-state index contributed by atoms with van der Waals surface area (Å²) in [7, 11) is -3.64. The summed E-state index contributed by atoms with van der Waals surface area (Å²) in [5.41, 5.74) is 3.57. The van der Waals surface area contributed by atoms with Crippen LogP contribution in [0.1, 0.15) is 19.4 Å². The highest BCUT2D eigenvalue weighted by Crippen LogP contribution is 2.20. The second-order valence-corrected chi connectivity index (χ2v) is 7.67. The number of para-hydroxylation sites is 1. The maximum atomic E-state index is 12.4. The fourth-order valence-electron chi connectivity index (χ4n) is 2.46. The first-order valence-electron chi connectivity index (χ1n) is 8.43. The molecule has 0 aromatic heterocycles. The average molecular weight is 389 g/mol. The number of nitrogens with zero attached hydrogens (tertiary/aromatic N) is 2. The number of benzene rings is 2. The fourth-order valence-corrected chi connectivity index (χ4v) is 3.64. The summed E-state index contributed by atoms with van der Waals surface area (Å²) in [5, 5.41) is 3.91. The highest BCUT2D eigenvalue weighted by molar-refractivity contribution is 7.92. The topological polar surface area (TPSA) is 88.1 Å². The molecule has 0 aliphatic carbocycles. The van der Waals surface area contributed by atoms with E-state index < -0.39 is 22.0 Å². The highest BCUT2D eigenvalue weighted by Gasteiger charge is 2.28. The summed E-state index contributed by atoms with van der Waals surface area (Å²) < 4.78 is 30.7. The Balaban J connectivity index is 2.07. The van der Waals surface area contributed by atoms with Crippen LogP contribution in [-0.2, 0) is 14.8 Å². The molecule has 2 aromatic carbocycles. The van der Waals surface area contributed by atoms with Crippen LogP contribution in [0.2, 0.25) is 0 Å². The lowest BCUT2D eigenvalue weighted by Crippen LogP contribution is -2.46. The van der Waals surface area contributed by atoms with Crippen LogP contribution in [0, 0.1) is 0 Å². The van der Waals surface area contributed by atoms with Gasteiger partial charge in [0.05, 0.1) is 24.8 Å². The molecule has 144 valence electrons. The number of nitrogens with one attached hydrogen (secondary N) is 1. The number of carbonyl (C=O) groups excluding carboxylic acids is 1. The standard InChI is InChI=1S/C19H23N3O4S/c1-4-26-18-12-10-16(11-13-18)14-20-21-19(23)15(2)22(27(3,24)25)17-8-6-5-7-9-17/h5-15H,4H2,1-3H3,(H,21,23)/b20-14-/t15-/m1/s1. The molecule has 0 unspecified atom stereocenters. The maximum absolute atomic E-state index is 12.4. The number of hydrogen-bond acceptors (Lipinski definition) is 5. The molecule has 0 saturated carbocycles. The molecule has 0 bridgehead atoms. The Morgan fingerprint density at radius 1 is 1.19 bits per heavy atom. The van der Waals surface area contributed by atoms with Gasteiger partial charge in [-0.2, -0.15) is 5.10 Å². The number of carbonyl (C=O) groups is 1. The van der Waals surface area contributed by atoms with Crippen molar-refractivity contribution >= 4 is 27.8 Å². The molecule has 8 heteroatoms. The molecule has 0 heterocycles. The van der Waals surface area contributed by atoms with E-state index in [0.29, 0.717) is 12.3 Å². The van der Waals surface area contributed by atoms with Crippen molar-refractivity contribution in [3.63, 3.8) is 0 Å². The normalized spacial score (nSPS) is 12.6. The van der Waals surface area contributed by atoms with Crippen molar-refractivity contribution in [1.29, 1.82) is 0 Å². The lowest BCUT2D eigenvalue weighted by atomic mass is 10.2. The Bertz CT molecular complexity index is 881. The van der Waals surface area contributed by atoms with E-state index in [-0.39, 0.29) is 0 Å². The molecule has 27 heavy (non-hydrogen) atoms. The van der Waals surface area contributed by atoms with Crippen molar-refractivity contribution in [2.75, 3.05) is 17.2 Å². The van der Waals surface area contributed by atoms with Crippen LogP contribution in [0.5, 0.6) is 5.75 Å². The van der Waals surface area contributed by atoms with Gasteiger partial charge in [0.15, 0.2) is 0 Å². The van der Waals surface area contributed by atoms with Crippen molar-refractivity contribution in [2.45, 2.75) is 19.9 Å². The van der Waals surface area contributed by atoms with E-state index in [0.717, 1.165) is 21.9 Å². The lowest BCUT2D eigenvalue weighted by Gasteiger charge is -2.27. The Morgan fingerprint density at radius 3 is 2.37 bits per heavy atom. The lowest BCUT2D eigenvalue weighted by molar-refractivity contribution is -0.121. The monoisotopic (exact) mass is 389 g/mol. The van der Waals surface area contributed by atoms with Gasteiger partial charge in [-0.1, -0.05) is 18.2 Å². The zero-order chi connectivity index (χ0) is 19.9. The fraction of sp³-hybridized carbons (Fsp3) is 0.263. The van der Waals surface area contributed by atoms with Crippen LogP contribution >= 0.6 is 0 Å². The molecule has 0 aliphatic rings. The third-order valence-corrected chi connectivity index (χ3v) is 4.92. The van der Waals surface area contributed by atoms with Gasteiger partial charge in [-0.3, -0.25) is 9.10 Å². The Hall–Kier alpha value is -2.87. The van der Waals surface area contributed by atoms with E-state index in [1.807, 2.05) is 6.92 Å². The van der Waals surface area contributed by atoms with Gasteiger partial charge in [0.1, 0.15) is 11.8 Å². The molecule has 7 nitrogen and oxygen atoms in total. The van der Waals surface area contributed by atoms with Gasteiger partial charge in [0.25, 0.3) is 5.91 Å². The predicted octanol–water partition coefficient (Wildman–Crippen LogP) is 2.39. The van der Waals surface area contributed by atoms with Gasteiger partial charge in [0, 0.05) is 0 Å². The van der Waals surface area contributed by atoms with Crippen molar-refractivity contribution < 1.29 is 17.9 Å². The van der Waals surface area contributed by atoms with Gasteiger partial charge >= 0.3 is 0 Å². The van der Waals surface area contributed by atoms with E-state index >= 15 is 0 Å². The van der Waals surface area contributed by atoms with Gasteiger partial charge < -0.3 is 4.74 Å². The number of hydrogen-bond donors (Lipinski definition) is 1. The van der Waals surface area contributed by atoms with Gasteiger partial charge in [-0.05, 0) is 55.8 Å². The SMILES string of the molecule is CCOc1ccc(/C=N\NC(=O)[C@@H](C)N(c2ccccc2)S(C)(=O)=O)cc1. The summed E-state index contributed by atoms with van der Waals surface area (Å²) in [5.74, 6) is 0.213. The summed E-state index contributed by atoms with van der Waals surface area (Å²) in [6.07, 6.45) is 2.54. The molecule has 0 fully saturated rings. The van der Waals surface area contributed by atoms with E-state index in [1.54, 1.807) is 54.6 Å². The molecule has 1 N–H and O–H groups in total. The van der Waals surface area contributed by atoms with Gasteiger partial charge in [-0.15, -0.1) is 0 Å². The Labute approximate surface area is 159 Å². The first kappa shape index (κ1) is 20.4. The summed E-state index contributed by atoms with van der Waals surface area (Å²) in [6.45, 7) is 4.00. The number of amides is 1. The van der Waals surface area contributed by atoms with Crippen LogP contribution in [0.15, 0.2) is 59.7 Å². The number of anilines is 1. The smallest absolute Gasteiger partial charge is 0.263 e. The predicted molar refractivity (Wildman–Crippen MR) is 107 cm³/mol. The molecule has 0 spiro atoms. The molecule has 1 amide bonds. The quantitative estimate of drug-likeness (QED) is 0.555. The zero-order valence-corrected chi connectivity index (χ0v) is 16.3. The summed E-state index contributed by atoms with van der Waals surface area (Å²) >= 11 is 0. The largest absolute Gasteiger partial charge is 0.494 e. The van der Waals surface area contributed by atoms with E-state index in [2.05, 4.69) is 10.5 Å². The van der Waals surface area contributed by atoms with Crippen molar-refractivity contribution in [3.05, 3.63) is 60.2 Å². The van der Waals surface area contributed by atoms with Crippen LogP contribution in [-0.4, -0.2) is 39.4 Å². The van der Waals surface area contributed by atoms with E-state index in [1.165, 1.54) is 13.1 Å². The third-order valence-electron chi connectivity index (χ3n) is 3.68. The van der Waals surface area contributed by atoms with Crippen LogP contribution in [0.4, 0.5) is 5.69 Å². The Morgan fingerprint density at radius 2 is 1.81 bits per heavy atom. The first-order valence-corrected chi connectivity index (χ1v) is 10.3. The van der Waals surface area contributed by atoms with Crippen molar-refractivity contribution in [1.82, 2.24) is 5.43 Å². The zero-order valence-electron chi connectivity index (χ0n) is 15.5. The number of ether oxygens (including phenoxy) is 1. The minimum Gasteiger partial charge on any atom is -0.494 e. The van der Waals surface area contributed by atoms with Crippen LogP contribution in [0.3, 0.4) is 0 Å². The molecule has 1 atom stereocenters. The van der Waals surface area contributed by atoms with E-state index in [9.17, 15) is 13.2 Å². The molecule has 0 saturated heterocycles. The molecule has 0 radical (unpaired) electrons. The first-order chi connectivity index (χ1) is 12.8. The molecular weight excluding hydrogens is 366 g/mol. The van der Waals surface area contributed by atoms with Crippen LogP contribution in [0.25, 0.3) is 0 Å². The van der Waals surface area contributed by atoms with Crippen LogP contribution < -0.4 is 14.5 Å². The summed E-state index contributed by atoms with van der Waals surface area (Å²) in [6, 6.07) is 14.7. The molecule has 0 aliphatic heterocycles. The number of sulfonamides is 1. The number of hydrazone groups is 1. The number of rotatable bonds is 8. The maximum Gasteiger partial charge on any atom is 0.263 e. The van der Waals surface area contributed by atoms with Gasteiger partial charge in [-0.25, -0.2) is 13.8 Å². The Kier molecular flexibility index (Phi) is 6.95. The highest BCUT2D eigenvalue weighted by atomic mass is 32.2. The minimum atomic E-state index is -3.64. The molecule has 2 aromatic rings.